The maximum absolute atomic E-state index is 12.1. The molecular formula is C15H14Cl2N2O. The first-order chi connectivity index (χ1) is 9.52. The smallest absolute Gasteiger partial charge is 0.189 e. The summed E-state index contributed by atoms with van der Waals surface area (Å²) in [6.07, 6.45) is 4.78. The van der Waals surface area contributed by atoms with Crippen molar-refractivity contribution in [2.75, 3.05) is 0 Å². The fourth-order valence-electron chi connectivity index (χ4n) is 1.90. The molecule has 104 valence electrons. The molecule has 2 aromatic rings. The molecule has 0 saturated carbocycles. The van der Waals surface area contributed by atoms with Gasteiger partial charge in [0, 0.05) is 22.3 Å². The molecule has 0 radical (unpaired) electrons. The molecule has 0 spiro atoms. The van der Waals surface area contributed by atoms with Crippen molar-refractivity contribution in [3.63, 3.8) is 0 Å². The number of benzene rings is 1. The Balaban J connectivity index is 2.22. The van der Waals surface area contributed by atoms with Crippen LogP contribution >= 0.6 is 23.2 Å². The molecule has 0 N–H and O–H groups in total. The van der Waals surface area contributed by atoms with Crippen LogP contribution in [0.2, 0.25) is 10.0 Å². The number of nitrogens with zero attached hydrogens (tertiary/aromatic N) is 2. The minimum absolute atomic E-state index is 0.0896. The molecule has 0 amide bonds. The molecule has 1 aromatic heterocycles. The summed E-state index contributed by atoms with van der Waals surface area (Å²) in [6, 6.07) is 5.16. The van der Waals surface area contributed by atoms with Gasteiger partial charge in [-0.3, -0.25) is 9.48 Å². The van der Waals surface area contributed by atoms with Crippen molar-refractivity contribution in [1.29, 1.82) is 0 Å². The SMILES string of the molecule is CCn1ncc(C(=O)/C=C/c2ccc(Cl)cc2Cl)c1C. The van der Waals surface area contributed by atoms with Crippen molar-refractivity contribution in [2.24, 2.45) is 0 Å². The van der Waals surface area contributed by atoms with Crippen molar-refractivity contribution in [2.45, 2.75) is 20.4 Å². The number of ketones is 1. The molecule has 1 aromatic carbocycles. The fraction of sp³-hybridized carbons (Fsp3) is 0.200. The van der Waals surface area contributed by atoms with Gasteiger partial charge in [0.2, 0.25) is 0 Å². The monoisotopic (exact) mass is 308 g/mol. The van der Waals surface area contributed by atoms with Crippen LogP contribution in [0.4, 0.5) is 0 Å². The standard InChI is InChI=1S/C15H14Cl2N2O/c1-3-19-10(2)13(9-18-19)15(20)7-5-11-4-6-12(16)8-14(11)17/h4-9H,3H2,1-2H3/b7-5+. The summed E-state index contributed by atoms with van der Waals surface area (Å²) in [5.74, 6) is -0.0896. The predicted molar refractivity (Wildman–Crippen MR) is 82.5 cm³/mol. The lowest BCUT2D eigenvalue weighted by atomic mass is 10.1. The minimum Gasteiger partial charge on any atom is -0.289 e. The van der Waals surface area contributed by atoms with E-state index in [-0.39, 0.29) is 5.78 Å². The van der Waals surface area contributed by atoms with Crippen LogP contribution < -0.4 is 0 Å². The quantitative estimate of drug-likeness (QED) is 0.619. The number of allylic oxidation sites excluding steroid dienone is 1. The van der Waals surface area contributed by atoms with Crippen molar-refractivity contribution in [1.82, 2.24) is 9.78 Å². The second-order valence-corrected chi connectivity index (χ2v) is 5.17. The van der Waals surface area contributed by atoms with Crippen LogP contribution in [0.5, 0.6) is 0 Å². The van der Waals surface area contributed by atoms with Gasteiger partial charge in [-0.15, -0.1) is 0 Å². The van der Waals surface area contributed by atoms with E-state index in [0.29, 0.717) is 15.6 Å². The summed E-state index contributed by atoms with van der Waals surface area (Å²) in [7, 11) is 0. The predicted octanol–water partition coefficient (Wildman–Crippen LogP) is 4.41. The van der Waals surface area contributed by atoms with Gasteiger partial charge in [0.15, 0.2) is 5.78 Å². The van der Waals surface area contributed by atoms with Crippen LogP contribution in [0, 0.1) is 6.92 Å². The van der Waals surface area contributed by atoms with E-state index >= 15 is 0 Å². The van der Waals surface area contributed by atoms with Crippen LogP contribution in [0.15, 0.2) is 30.5 Å². The molecule has 0 bridgehead atoms. The van der Waals surface area contributed by atoms with Crippen molar-refractivity contribution >= 4 is 35.1 Å². The molecule has 0 aliphatic rings. The number of hydrogen-bond donors (Lipinski definition) is 0. The maximum Gasteiger partial charge on any atom is 0.189 e. The Morgan fingerprint density at radius 2 is 2.15 bits per heavy atom. The average Bonchev–Trinajstić information content (AvgIpc) is 2.78. The molecule has 3 nitrogen and oxygen atoms in total. The highest BCUT2D eigenvalue weighted by molar-refractivity contribution is 6.35. The van der Waals surface area contributed by atoms with Gasteiger partial charge in [0.05, 0.1) is 11.8 Å². The Bertz CT molecular complexity index is 675. The molecule has 0 saturated heterocycles. The van der Waals surface area contributed by atoms with Crippen LogP contribution in [0.3, 0.4) is 0 Å². The van der Waals surface area contributed by atoms with Gasteiger partial charge in [0.1, 0.15) is 0 Å². The van der Waals surface area contributed by atoms with Crippen molar-refractivity contribution in [3.8, 4) is 0 Å². The minimum atomic E-state index is -0.0896. The van der Waals surface area contributed by atoms with Gasteiger partial charge < -0.3 is 0 Å². The molecule has 0 atom stereocenters. The molecule has 0 unspecified atom stereocenters. The first-order valence-electron chi connectivity index (χ1n) is 6.22. The maximum atomic E-state index is 12.1. The number of carbonyl (C=O) groups is 1. The van der Waals surface area contributed by atoms with Gasteiger partial charge in [-0.05, 0) is 43.7 Å². The summed E-state index contributed by atoms with van der Waals surface area (Å²) < 4.78 is 1.79. The summed E-state index contributed by atoms with van der Waals surface area (Å²) in [5.41, 5.74) is 2.22. The highest BCUT2D eigenvalue weighted by atomic mass is 35.5. The van der Waals surface area contributed by atoms with E-state index in [1.807, 2.05) is 13.8 Å². The van der Waals surface area contributed by atoms with Crippen molar-refractivity contribution < 1.29 is 4.79 Å². The highest BCUT2D eigenvalue weighted by Crippen LogP contribution is 2.22. The Kier molecular flexibility index (Phi) is 4.63. The van der Waals surface area contributed by atoms with Crippen LogP contribution in [-0.4, -0.2) is 15.6 Å². The van der Waals surface area contributed by atoms with E-state index in [0.717, 1.165) is 17.8 Å². The topological polar surface area (TPSA) is 34.9 Å². The Hall–Kier alpha value is -1.58. The number of rotatable bonds is 4. The second kappa shape index (κ2) is 6.25. The molecule has 1 heterocycles. The lowest BCUT2D eigenvalue weighted by Crippen LogP contribution is -2.01. The largest absolute Gasteiger partial charge is 0.289 e. The molecule has 0 fully saturated rings. The summed E-state index contributed by atoms with van der Waals surface area (Å²) in [6.45, 7) is 4.61. The zero-order valence-corrected chi connectivity index (χ0v) is 12.7. The highest BCUT2D eigenvalue weighted by Gasteiger charge is 2.11. The number of carbonyl (C=O) groups excluding carboxylic acids is 1. The molecule has 0 aliphatic carbocycles. The third-order valence-corrected chi connectivity index (χ3v) is 3.61. The van der Waals surface area contributed by atoms with Gasteiger partial charge in [-0.2, -0.15) is 5.10 Å². The second-order valence-electron chi connectivity index (χ2n) is 4.32. The van der Waals surface area contributed by atoms with Crippen molar-refractivity contribution in [3.05, 3.63) is 57.3 Å². The molecule has 0 aliphatic heterocycles. The van der Waals surface area contributed by atoms with E-state index in [1.165, 1.54) is 6.08 Å². The Morgan fingerprint density at radius 3 is 2.75 bits per heavy atom. The zero-order valence-electron chi connectivity index (χ0n) is 11.2. The van der Waals surface area contributed by atoms with E-state index in [9.17, 15) is 4.79 Å². The fourth-order valence-corrected chi connectivity index (χ4v) is 2.37. The number of hydrogen-bond acceptors (Lipinski definition) is 2. The number of aryl methyl sites for hydroxylation is 1. The van der Waals surface area contributed by atoms with Crippen LogP contribution in [0.25, 0.3) is 6.08 Å². The Labute approximate surface area is 127 Å². The summed E-state index contributed by atoms with van der Waals surface area (Å²) >= 11 is 11.9. The van der Waals surface area contributed by atoms with Gasteiger partial charge >= 0.3 is 0 Å². The van der Waals surface area contributed by atoms with Gasteiger partial charge in [-0.1, -0.05) is 29.3 Å². The summed E-state index contributed by atoms with van der Waals surface area (Å²) in [5, 5.41) is 5.24. The first kappa shape index (κ1) is 14.8. The van der Waals surface area contributed by atoms with Gasteiger partial charge in [-0.25, -0.2) is 0 Å². The Morgan fingerprint density at radius 1 is 1.40 bits per heavy atom. The normalized spacial score (nSPS) is 11.2. The molecule has 20 heavy (non-hydrogen) atoms. The molecular weight excluding hydrogens is 295 g/mol. The molecule has 2 rings (SSSR count). The average molecular weight is 309 g/mol. The third kappa shape index (κ3) is 3.11. The van der Waals surface area contributed by atoms with E-state index < -0.39 is 0 Å². The third-order valence-electron chi connectivity index (χ3n) is 3.04. The van der Waals surface area contributed by atoms with E-state index in [1.54, 1.807) is 35.2 Å². The molecule has 5 heteroatoms. The summed E-state index contributed by atoms with van der Waals surface area (Å²) in [4.78, 5) is 12.1. The number of halogens is 2. The van der Waals surface area contributed by atoms with Gasteiger partial charge in [0.25, 0.3) is 0 Å². The van der Waals surface area contributed by atoms with E-state index in [4.69, 9.17) is 23.2 Å². The van der Waals surface area contributed by atoms with Crippen LogP contribution in [-0.2, 0) is 6.54 Å². The zero-order chi connectivity index (χ0) is 14.7. The first-order valence-corrected chi connectivity index (χ1v) is 6.98. The lowest BCUT2D eigenvalue weighted by molar-refractivity contribution is 0.104. The van der Waals surface area contributed by atoms with Crippen LogP contribution in [0.1, 0.15) is 28.5 Å². The van der Waals surface area contributed by atoms with E-state index in [2.05, 4.69) is 5.10 Å². The number of aromatic nitrogens is 2. The lowest BCUT2D eigenvalue weighted by Gasteiger charge is -2.00.